The van der Waals surface area contributed by atoms with E-state index in [9.17, 15) is 10.2 Å². The average Bonchev–Trinajstić information content (AvgIpc) is 2.65. The van der Waals surface area contributed by atoms with E-state index in [1.165, 1.54) is 7.11 Å². The summed E-state index contributed by atoms with van der Waals surface area (Å²) in [5.41, 5.74) is 2.04. The lowest BCUT2D eigenvalue weighted by molar-refractivity contribution is 0.271. The highest BCUT2D eigenvalue weighted by atomic mass is 16.5. The summed E-state index contributed by atoms with van der Waals surface area (Å²) >= 11 is 0. The van der Waals surface area contributed by atoms with Crippen LogP contribution in [0.25, 0.3) is 5.69 Å². The number of nitrogens with zero attached hydrogens (tertiary/aromatic N) is 2. The minimum atomic E-state index is -0.131. The van der Waals surface area contributed by atoms with Crippen molar-refractivity contribution in [3.8, 4) is 17.3 Å². The van der Waals surface area contributed by atoms with E-state index in [0.29, 0.717) is 22.8 Å². The van der Waals surface area contributed by atoms with Gasteiger partial charge in [-0.3, -0.25) is 0 Å². The van der Waals surface area contributed by atoms with Crippen LogP contribution in [0, 0.1) is 6.92 Å². The summed E-state index contributed by atoms with van der Waals surface area (Å²) in [7, 11) is 1.52. The van der Waals surface area contributed by atoms with Crippen LogP contribution < -0.4 is 4.74 Å². The molecule has 0 aliphatic carbocycles. The molecule has 0 spiro atoms. The third kappa shape index (κ3) is 1.97. The number of ether oxygens (including phenoxy) is 1. The molecule has 0 aliphatic rings. The topological polar surface area (TPSA) is 67.5 Å². The largest absolute Gasteiger partial charge is 0.508 e. The van der Waals surface area contributed by atoms with Gasteiger partial charge in [-0.2, -0.15) is 5.10 Å². The minimum Gasteiger partial charge on any atom is -0.508 e. The van der Waals surface area contributed by atoms with Gasteiger partial charge in [-0.05, 0) is 19.1 Å². The first-order chi connectivity index (χ1) is 8.17. The van der Waals surface area contributed by atoms with Crippen LogP contribution in [0.3, 0.4) is 0 Å². The van der Waals surface area contributed by atoms with E-state index in [2.05, 4.69) is 5.10 Å². The maximum Gasteiger partial charge on any atom is 0.222 e. The zero-order valence-corrected chi connectivity index (χ0v) is 9.71. The summed E-state index contributed by atoms with van der Waals surface area (Å²) in [6, 6.07) is 6.69. The Morgan fingerprint density at radius 3 is 2.76 bits per heavy atom. The van der Waals surface area contributed by atoms with Gasteiger partial charge in [0.15, 0.2) is 0 Å². The molecule has 0 atom stereocenters. The van der Waals surface area contributed by atoms with Crippen LogP contribution in [0.4, 0.5) is 0 Å². The quantitative estimate of drug-likeness (QED) is 0.842. The number of rotatable bonds is 3. The van der Waals surface area contributed by atoms with Gasteiger partial charge in [-0.1, -0.05) is 6.07 Å². The number of phenols is 1. The Morgan fingerprint density at radius 1 is 1.41 bits per heavy atom. The third-order valence-electron chi connectivity index (χ3n) is 2.56. The second kappa shape index (κ2) is 4.47. The van der Waals surface area contributed by atoms with Gasteiger partial charge in [0, 0.05) is 6.07 Å². The van der Waals surface area contributed by atoms with Crippen molar-refractivity contribution in [3.05, 3.63) is 35.5 Å². The number of aliphatic hydroxyl groups excluding tert-OH is 1. The number of aromatic hydroxyl groups is 1. The summed E-state index contributed by atoms with van der Waals surface area (Å²) in [6.45, 7) is 1.67. The average molecular weight is 234 g/mol. The lowest BCUT2D eigenvalue weighted by Gasteiger charge is -2.07. The molecule has 2 N–H and O–H groups in total. The second-order valence-electron chi connectivity index (χ2n) is 3.66. The lowest BCUT2D eigenvalue weighted by Crippen LogP contribution is -2.00. The van der Waals surface area contributed by atoms with Gasteiger partial charge in [0.1, 0.15) is 5.75 Å². The van der Waals surface area contributed by atoms with Gasteiger partial charge < -0.3 is 14.9 Å². The normalized spacial score (nSPS) is 10.5. The number of methoxy groups -OCH3 is 1. The summed E-state index contributed by atoms with van der Waals surface area (Å²) in [5.74, 6) is 0.638. The summed E-state index contributed by atoms with van der Waals surface area (Å²) in [4.78, 5) is 0. The standard InChI is InChI=1S/C12H14N2O3/c1-8-11(7-15)12(17-2)14(13-8)9-4-3-5-10(16)6-9/h3-6,15-16H,7H2,1-2H3. The fourth-order valence-corrected chi connectivity index (χ4v) is 1.73. The number of aromatic nitrogens is 2. The highest BCUT2D eigenvalue weighted by Crippen LogP contribution is 2.26. The van der Waals surface area contributed by atoms with Crippen LogP contribution in [0.2, 0.25) is 0 Å². The van der Waals surface area contributed by atoms with Crippen LogP contribution in [-0.4, -0.2) is 27.1 Å². The van der Waals surface area contributed by atoms with Gasteiger partial charge in [0.05, 0.1) is 30.7 Å². The van der Waals surface area contributed by atoms with Crippen molar-refractivity contribution in [3.63, 3.8) is 0 Å². The Kier molecular flexibility index (Phi) is 3.01. The van der Waals surface area contributed by atoms with E-state index >= 15 is 0 Å². The molecule has 17 heavy (non-hydrogen) atoms. The second-order valence-corrected chi connectivity index (χ2v) is 3.66. The van der Waals surface area contributed by atoms with Gasteiger partial charge in [-0.25, -0.2) is 4.68 Å². The lowest BCUT2D eigenvalue weighted by atomic mass is 10.2. The highest BCUT2D eigenvalue weighted by Gasteiger charge is 2.16. The Bertz CT molecular complexity index is 535. The number of aliphatic hydroxyl groups is 1. The molecular weight excluding hydrogens is 220 g/mol. The van der Waals surface area contributed by atoms with E-state index < -0.39 is 0 Å². The van der Waals surface area contributed by atoms with Gasteiger partial charge in [-0.15, -0.1) is 0 Å². The Labute approximate surface area is 98.9 Å². The maximum absolute atomic E-state index is 9.44. The fourth-order valence-electron chi connectivity index (χ4n) is 1.73. The molecule has 2 rings (SSSR count). The molecule has 2 aromatic rings. The zero-order chi connectivity index (χ0) is 12.4. The summed E-state index contributed by atoms with van der Waals surface area (Å²) in [5, 5.41) is 23.0. The van der Waals surface area contributed by atoms with Crippen molar-refractivity contribution >= 4 is 0 Å². The Morgan fingerprint density at radius 2 is 2.18 bits per heavy atom. The monoisotopic (exact) mass is 234 g/mol. The molecule has 90 valence electrons. The smallest absolute Gasteiger partial charge is 0.222 e. The maximum atomic E-state index is 9.44. The first-order valence-electron chi connectivity index (χ1n) is 5.20. The molecule has 1 aromatic heterocycles. The number of benzene rings is 1. The van der Waals surface area contributed by atoms with Crippen molar-refractivity contribution in [2.24, 2.45) is 0 Å². The van der Waals surface area contributed by atoms with E-state index in [1.54, 1.807) is 35.9 Å². The number of aryl methyl sites for hydroxylation is 1. The highest BCUT2D eigenvalue weighted by molar-refractivity contribution is 5.43. The van der Waals surface area contributed by atoms with Crippen LogP contribution in [-0.2, 0) is 6.61 Å². The van der Waals surface area contributed by atoms with Gasteiger partial charge in [0.25, 0.3) is 0 Å². The van der Waals surface area contributed by atoms with Gasteiger partial charge >= 0.3 is 0 Å². The van der Waals surface area contributed by atoms with Crippen molar-refractivity contribution in [1.82, 2.24) is 9.78 Å². The van der Waals surface area contributed by atoms with E-state index in [1.807, 2.05) is 0 Å². The number of hydrogen-bond donors (Lipinski definition) is 2. The number of hydrogen-bond acceptors (Lipinski definition) is 4. The van der Waals surface area contributed by atoms with Crippen molar-refractivity contribution in [2.45, 2.75) is 13.5 Å². The van der Waals surface area contributed by atoms with E-state index in [-0.39, 0.29) is 12.4 Å². The predicted octanol–water partition coefficient (Wildman–Crippen LogP) is 1.39. The van der Waals surface area contributed by atoms with E-state index in [4.69, 9.17) is 4.74 Å². The summed E-state index contributed by atoms with van der Waals surface area (Å²) in [6.07, 6.45) is 0. The molecule has 0 bridgehead atoms. The zero-order valence-electron chi connectivity index (χ0n) is 9.71. The molecule has 0 aliphatic heterocycles. The first-order valence-corrected chi connectivity index (χ1v) is 5.20. The molecule has 5 heteroatoms. The van der Waals surface area contributed by atoms with Crippen molar-refractivity contribution in [1.29, 1.82) is 0 Å². The third-order valence-corrected chi connectivity index (χ3v) is 2.56. The molecule has 0 saturated heterocycles. The molecule has 0 saturated carbocycles. The van der Waals surface area contributed by atoms with Crippen LogP contribution in [0.15, 0.2) is 24.3 Å². The first kappa shape index (κ1) is 11.5. The molecular formula is C12H14N2O3. The summed E-state index contributed by atoms with van der Waals surface area (Å²) < 4.78 is 6.80. The fraction of sp³-hybridized carbons (Fsp3) is 0.250. The van der Waals surface area contributed by atoms with Crippen LogP contribution in [0.5, 0.6) is 11.6 Å². The van der Waals surface area contributed by atoms with Crippen LogP contribution >= 0.6 is 0 Å². The Balaban J connectivity index is 2.59. The molecule has 0 radical (unpaired) electrons. The molecule has 0 fully saturated rings. The Hall–Kier alpha value is -2.01. The van der Waals surface area contributed by atoms with E-state index in [0.717, 1.165) is 0 Å². The van der Waals surface area contributed by atoms with Crippen LogP contribution in [0.1, 0.15) is 11.3 Å². The van der Waals surface area contributed by atoms with Gasteiger partial charge in [0.2, 0.25) is 5.88 Å². The van der Waals surface area contributed by atoms with Crippen molar-refractivity contribution < 1.29 is 14.9 Å². The predicted molar refractivity (Wildman–Crippen MR) is 62.4 cm³/mol. The minimum absolute atomic E-state index is 0.131. The molecule has 5 nitrogen and oxygen atoms in total. The molecule has 0 amide bonds. The molecule has 1 heterocycles. The molecule has 1 aromatic carbocycles. The van der Waals surface area contributed by atoms with Crippen molar-refractivity contribution in [2.75, 3.05) is 7.11 Å². The SMILES string of the molecule is COc1c(CO)c(C)nn1-c1cccc(O)c1. The molecule has 0 unspecified atom stereocenters. The number of phenolic OH excluding ortho intramolecular Hbond substituents is 1.